The number of halogens is 1. The van der Waals surface area contributed by atoms with E-state index in [1.807, 2.05) is 0 Å². The lowest BCUT2D eigenvalue weighted by molar-refractivity contribution is -0.119. The Morgan fingerprint density at radius 3 is 2.72 bits per heavy atom. The lowest BCUT2D eigenvalue weighted by atomic mass is 10.2. The third-order valence-electron chi connectivity index (χ3n) is 2.36. The highest BCUT2D eigenvalue weighted by atomic mass is 19.1. The zero-order chi connectivity index (χ0) is 13.7. The van der Waals surface area contributed by atoms with E-state index in [1.165, 1.54) is 11.9 Å². The monoisotopic (exact) mass is 255 g/mol. The highest BCUT2D eigenvalue weighted by molar-refractivity contribution is 5.94. The third kappa shape index (κ3) is 3.16. The number of hydrogen-bond acceptors (Lipinski definition) is 4. The molecule has 2 N–H and O–H groups in total. The Labute approximate surface area is 103 Å². The Morgan fingerprint density at radius 1 is 1.56 bits per heavy atom. The van der Waals surface area contributed by atoms with Gasteiger partial charge in [-0.15, -0.1) is 0 Å². The Bertz CT molecular complexity index is 465. The van der Waals surface area contributed by atoms with Gasteiger partial charge in [0.2, 0.25) is 5.91 Å². The van der Waals surface area contributed by atoms with Gasteiger partial charge in [0.15, 0.2) is 0 Å². The van der Waals surface area contributed by atoms with Gasteiger partial charge in [0.1, 0.15) is 17.2 Å². The molecular weight excluding hydrogens is 241 g/mol. The van der Waals surface area contributed by atoms with Crippen molar-refractivity contribution in [2.24, 2.45) is 0 Å². The largest absolute Gasteiger partial charge is 0.478 e. The summed E-state index contributed by atoms with van der Waals surface area (Å²) < 4.78 is 13.0. The first-order valence-corrected chi connectivity index (χ1v) is 5.34. The number of anilines is 1. The van der Waals surface area contributed by atoms with Gasteiger partial charge in [-0.25, -0.2) is 14.2 Å². The van der Waals surface area contributed by atoms with Crippen LogP contribution >= 0.6 is 0 Å². The molecule has 18 heavy (non-hydrogen) atoms. The van der Waals surface area contributed by atoms with Crippen molar-refractivity contribution in [2.45, 2.75) is 6.92 Å². The van der Waals surface area contributed by atoms with Crippen molar-refractivity contribution in [3.63, 3.8) is 0 Å². The fourth-order valence-electron chi connectivity index (χ4n) is 1.43. The number of rotatable bonds is 5. The molecule has 98 valence electrons. The normalized spacial score (nSPS) is 9.94. The maximum absolute atomic E-state index is 13.0. The summed E-state index contributed by atoms with van der Waals surface area (Å²) in [6, 6.07) is 0.886. The number of carboxylic acid groups (broad SMARTS) is 1. The number of carbonyl (C=O) groups is 2. The molecule has 0 spiro atoms. The smallest absolute Gasteiger partial charge is 0.339 e. The van der Waals surface area contributed by atoms with E-state index in [9.17, 15) is 14.0 Å². The Morgan fingerprint density at radius 2 is 2.22 bits per heavy atom. The molecule has 0 aliphatic rings. The van der Waals surface area contributed by atoms with E-state index in [1.54, 1.807) is 6.92 Å². The maximum atomic E-state index is 13.0. The van der Waals surface area contributed by atoms with Crippen molar-refractivity contribution in [3.8, 4) is 0 Å². The van der Waals surface area contributed by atoms with Crippen molar-refractivity contribution in [1.29, 1.82) is 0 Å². The Kier molecular flexibility index (Phi) is 4.59. The number of likely N-dealkylation sites (N-methyl/N-ethyl adjacent to an activating group) is 2. The molecule has 7 heteroatoms. The minimum atomic E-state index is -1.28. The summed E-state index contributed by atoms with van der Waals surface area (Å²) in [6.45, 7) is 2.10. The fraction of sp³-hybridized carbons (Fsp3) is 0.364. The van der Waals surface area contributed by atoms with Crippen LogP contribution < -0.4 is 10.2 Å². The summed E-state index contributed by atoms with van der Waals surface area (Å²) in [7, 11) is 1.48. The predicted octanol–water partition coefficient (Wildman–Crippen LogP) is 0.491. The lowest BCUT2D eigenvalue weighted by Gasteiger charge is -2.22. The second-order valence-corrected chi connectivity index (χ2v) is 3.52. The molecule has 0 aliphatic carbocycles. The molecule has 0 aromatic carbocycles. The third-order valence-corrected chi connectivity index (χ3v) is 2.36. The average Bonchev–Trinajstić information content (AvgIpc) is 2.35. The topological polar surface area (TPSA) is 82.5 Å². The molecule has 0 saturated heterocycles. The maximum Gasteiger partial charge on any atom is 0.339 e. The van der Waals surface area contributed by atoms with Crippen LogP contribution in [-0.2, 0) is 4.79 Å². The highest BCUT2D eigenvalue weighted by Crippen LogP contribution is 2.18. The first kappa shape index (κ1) is 13.9. The number of hydrogen-bond donors (Lipinski definition) is 2. The minimum absolute atomic E-state index is 0.0358. The van der Waals surface area contributed by atoms with Crippen LogP contribution in [-0.4, -0.2) is 42.1 Å². The van der Waals surface area contributed by atoms with E-state index < -0.39 is 11.8 Å². The Balaban J connectivity index is 3.12. The van der Waals surface area contributed by atoms with E-state index >= 15 is 0 Å². The van der Waals surface area contributed by atoms with Gasteiger partial charge >= 0.3 is 5.97 Å². The minimum Gasteiger partial charge on any atom is -0.478 e. The van der Waals surface area contributed by atoms with Crippen molar-refractivity contribution < 1.29 is 19.1 Å². The number of aromatic nitrogens is 1. The first-order chi connectivity index (χ1) is 8.49. The van der Waals surface area contributed by atoms with Crippen molar-refractivity contribution >= 4 is 17.7 Å². The molecule has 1 amide bonds. The number of pyridine rings is 1. The number of nitrogens with zero attached hydrogens (tertiary/aromatic N) is 2. The molecule has 0 atom stereocenters. The number of amides is 1. The average molecular weight is 255 g/mol. The van der Waals surface area contributed by atoms with Gasteiger partial charge in [-0.05, 0) is 13.0 Å². The van der Waals surface area contributed by atoms with Crippen LogP contribution in [0.25, 0.3) is 0 Å². The molecule has 0 radical (unpaired) electrons. The number of carboxylic acids is 1. The van der Waals surface area contributed by atoms with Gasteiger partial charge in [0, 0.05) is 13.6 Å². The van der Waals surface area contributed by atoms with E-state index in [0.717, 1.165) is 12.3 Å². The molecular formula is C11H14FN3O3. The van der Waals surface area contributed by atoms with Crippen LogP contribution in [0.3, 0.4) is 0 Å². The summed E-state index contributed by atoms with van der Waals surface area (Å²) in [5.74, 6) is -2.21. The predicted molar refractivity (Wildman–Crippen MR) is 63.1 cm³/mol. The molecule has 0 saturated carbocycles. The molecule has 1 aromatic heterocycles. The van der Waals surface area contributed by atoms with Gasteiger partial charge in [-0.1, -0.05) is 0 Å². The molecule has 0 fully saturated rings. The van der Waals surface area contributed by atoms with Gasteiger partial charge < -0.3 is 15.3 Å². The van der Waals surface area contributed by atoms with Crippen molar-refractivity contribution in [3.05, 3.63) is 23.6 Å². The molecule has 0 bridgehead atoms. The molecule has 6 nitrogen and oxygen atoms in total. The molecule has 1 aromatic rings. The quantitative estimate of drug-likeness (QED) is 0.800. The van der Waals surface area contributed by atoms with Gasteiger partial charge in [0.25, 0.3) is 0 Å². The van der Waals surface area contributed by atoms with Crippen LogP contribution in [0.4, 0.5) is 10.2 Å². The van der Waals surface area contributed by atoms with Crippen molar-refractivity contribution in [1.82, 2.24) is 10.3 Å². The standard InChI is InChI=1S/C11H14FN3O3/c1-3-15(6-9(16)13-2)10-8(11(17)18)4-7(12)5-14-10/h4-5H,3,6H2,1-2H3,(H,13,16)(H,17,18). The molecule has 1 rings (SSSR count). The SMILES string of the molecule is CCN(CC(=O)NC)c1ncc(F)cc1C(=O)O. The summed E-state index contributed by atoms with van der Waals surface area (Å²) in [4.78, 5) is 27.5. The van der Waals surface area contributed by atoms with Crippen LogP contribution in [0.15, 0.2) is 12.3 Å². The molecule has 0 aliphatic heterocycles. The van der Waals surface area contributed by atoms with E-state index in [-0.39, 0.29) is 23.8 Å². The summed E-state index contributed by atoms with van der Waals surface area (Å²) in [5.41, 5.74) is -0.263. The Hall–Kier alpha value is -2.18. The van der Waals surface area contributed by atoms with E-state index in [4.69, 9.17) is 5.11 Å². The highest BCUT2D eigenvalue weighted by Gasteiger charge is 2.19. The molecule has 1 heterocycles. The summed E-state index contributed by atoms with van der Waals surface area (Å²) in [5, 5.41) is 11.4. The fourth-order valence-corrected chi connectivity index (χ4v) is 1.43. The lowest BCUT2D eigenvalue weighted by Crippen LogP contribution is -2.36. The zero-order valence-electron chi connectivity index (χ0n) is 10.1. The zero-order valence-corrected chi connectivity index (χ0v) is 10.1. The van der Waals surface area contributed by atoms with Crippen molar-refractivity contribution in [2.75, 3.05) is 25.0 Å². The van der Waals surface area contributed by atoms with Gasteiger partial charge in [-0.2, -0.15) is 0 Å². The number of nitrogens with one attached hydrogen (secondary N) is 1. The number of aromatic carboxylic acids is 1. The first-order valence-electron chi connectivity index (χ1n) is 5.34. The van der Waals surface area contributed by atoms with Crippen LogP contribution in [0.2, 0.25) is 0 Å². The van der Waals surface area contributed by atoms with Crippen LogP contribution in [0, 0.1) is 5.82 Å². The van der Waals surface area contributed by atoms with Gasteiger partial charge in [-0.3, -0.25) is 4.79 Å². The molecule has 0 unspecified atom stereocenters. The summed E-state index contributed by atoms with van der Waals surface area (Å²) >= 11 is 0. The second-order valence-electron chi connectivity index (χ2n) is 3.52. The van der Waals surface area contributed by atoms with E-state index in [0.29, 0.717) is 6.54 Å². The van der Waals surface area contributed by atoms with E-state index in [2.05, 4.69) is 10.3 Å². The van der Waals surface area contributed by atoms with Gasteiger partial charge in [0.05, 0.1) is 12.7 Å². The number of carbonyl (C=O) groups excluding carboxylic acids is 1. The second kappa shape index (κ2) is 5.95. The van der Waals surface area contributed by atoms with Crippen LogP contribution in [0.1, 0.15) is 17.3 Å². The summed E-state index contributed by atoms with van der Waals surface area (Å²) in [6.07, 6.45) is 0.925. The van der Waals surface area contributed by atoms with Crippen LogP contribution in [0.5, 0.6) is 0 Å².